The zero-order valence-electron chi connectivity index (χ0n) is 15.3. The van der Waals surface area contributed by atoms with Crippen molar-refractivity contribution >= 4 is 16.9 Å². The van der Waals surface area contributed by atoms with Gasteiger partial charge in [0.2, 0.25) is 0 Å². The number of fused-ring (bicyclic) bond motifs is 1. The molecule has 1 aliphatic heterocycles. The number of amides is 1. The van der Waals surface area contributed by atoms with Crippen LogP contribution in [0.1, 0.15) is 23.5 Å². The van der Waals surface area contributed by atoms with Crippen LogP contribution in [0.3, 0.4) is 0 Å². The van der Waals surface area contributed by atoms with E-state index in [1.807, 2.05) is 30.5 Å². The molecule has 3 aromatic rings. The van der Waals surface area contributed by atoms with Crippen molar-refractivity contribution in [1.82, 2.24) is 9.88 Å². The highest BCUT2D eigenvalue weighted by Gasteiger charge is 2.31. The Bertz CT molecular complexity index is 977. The molecule has 4 rings (SSSR count). The van der Waals surface area contributed by atoms with E-state index in [2.05, 4.69) is 4.98 Å². The second-order valence-corrected chi connectivity index (χ2v) is 7.07. The monoisotopic (exact) mass is 379 g/mol. The summed E-state index contributed by atoms with van der Waals surface area (Å²) in [4.78, 5) is 16.7. The zero-order valence-corrected chi connectivity index (χ0v) is 15.3. The zero-order chi connectivity index (χ0) is 19.5. The molecule has 1 fully saturated rings. The van der Waals surface area contributed by atoms with Crippen molar-refractivity contribution in [2.24, 2.45) is 0 Å². The third-order valence-electron chi connectivity index (χ3n) is 5.28. The number of hydrogen-bond donors (Lipinski definition) is 0. The first-order valence-corrected chi connectivity index (χ1v) is 9.26. The van der Waals surface area contributed by atoms with Crippen LogP contribution >= 0.6 is 0 Å². The molecule has 2 unspecified atom stereocenters. The number of likely N-dealkylation sites (tertiary alicyclic amines) is 1. The largest absolute Gasteiger partial charge is 0.530 e. The van der Waals surface area contributed by atoms with Crippen LogP contribution in [0.25, 0.3) is 10.8 Å². The van der Waals surface area contributed by atoms with Crippen molar-refractivity contribution in [1.29, 1.82) is 0 Å². The molecule has 0 radical (unpaired) electrons. The van der Waals surface area contributed by atoms with Crippen LogP contribution in [0.4, 0.5) is 9.18 Å². The lowest BCUT2D eigenvalue weighted by Gasteiger charge is -2.40. The molecule has 0 bridgehead atoms. The number of carbonyl (C=O) groups excluding carboxylic acids is 1. The number of hydrogen-bond acceptors (Lipinski definition) is 4. The number of piperidine rings is 1. The number of aromatic nitrogens is 1. The van der Waals surface area contributed by atoms with Crippen LogP contribution in [0, 0.1) is 5.82 Å². The molecule has 2 atom stereocenters. The highest BCUT2D eigenvalue weighted by atomic mass is 19.1. The average molecular weight is 379 g/mol. The molecule has 0 N–H and O–H groups in total. The van der Waals surface area contributed by atoms with Gasteiger partial charge in [-0.3, -0.25) is 4.98 Å². The molecule has 6 heteroatoms. The van der Waals surface area contributed by atoms with Crippen molar-refractivity contribution in [3.63, 3.8) is 0 Å². The predicted octanol–water partition coefficient (Wildman–Crippen LogP) is 3.09. The lowest BCUT2D eigenvalue weighted by molar-refractivity contribution is -0.268. The fourth-order valence-corrected chi connectivity index (χ4v) is 3.77. The molecule has 2 heterocycles. The number of benzene rings is 2. The number of pyridine rings is 1. The molecule has 0 aliphatic carbocycles. The van der Waals surface area contributed by atoms with Crippen LogP contribution in [0.5, 0.6) is 0 Å². The highest BCUT2D eigenvalue weighted by Crippen LogP contribution is 2.31. The van der Waals surface area contributed by atoms with Gasteiger partial charge in [0.05, 0.1) is 12.7 Å². The van der Waals surface area contributed by atoms with Gasteiger partial charge in [0.25, 0.3) is 0 Å². The van der Waals surface area contributed by atoms with Gasteiger partial charge in [-0.25, -0.2) is 4.39 Å². The Balaban J connectivity index is 1.53. The van der Waals surface area contributed by atoms with Crippen LogP contribution in [0.2, 0.25) is 0 Å². The van der Waals surface area contributed by atoms with E-state index in [9.17, 15) is 14.3 Å². The van der Waals surface area contributed by atoms with Crippen LogP contribution in [0.15, 0.2) is 60.9 Å². The first kappa shape index (κ1) is 18.4. The summed E-state index contributed by atoms with van der Waals surface area (Å²) in [7, 11) is 0. The van der Waals surface area contributed by atoms with E-state index in [1.165, 1.54) is 17.0 Å². The van der Waals surface area contributed by atoms with Gasteiger partial charge in [-0.05, 0) is 47.2 Å². The van der Waals surface area contributed by atoms with Crippen molar-refractivity contribution in [2.75, 3.05) is 13.1 Å². The minimum Gasteiger partial charge on any atom is -0.530 e. The minimum atomic E-state index is -1.19. The van der Waals surface area contributed by atoms with E-state index in [0.717, 1.165) is 21.9 Å². The maximum atomic E-state index is 13.3. The summed E-state index contributed by atoms with van der Waals surface area (Å²) in [5.74, 6) is -0.292. The fraction of sp³-hybridized carbons (Fsp3) is 0.273. The number of carboxylic acid groups (broad SMARTS) is 1. The quantitative estimate of drug-likeness (QED) is 0.699. The molecule has 28 heavy (non-hydrogen) atoms. The van der Waals surface area contributed by atoms with Crippen LogP contribution in [-0.2, 0) is 11.3 Å². The van der Waals surface area contributed by atoms with Gasteiger partial charge in [0, 0.05) is 36.8 Å². The molecular weight excluding hydrogens is 359 g/mol. The smallest absolute Gasteiger partial charge is 0.137 e. The average Bonchev–Trinajstić information content (AvgIpc) is 2.72. The van der Waals surface area contributed by atoms with E-state index in [4.69, 9.17) is 4.74 Å². The van der Waals surface area contributed by atoms with Gasteiger partial charge in [0.15, 0.2) is 0 Å². The Kier molecular flexibility index (Phi) is 5.21. The van der Waals surface area contributed by atoms with Gasteiger partial charge in [-0.2, -0.15) is 0 Å². The highest BCUT2D eigenvalue weighted by molar-refractivity contribution is 5.81. The second-order valence-electron chi connectivity index (χ2n) is 7.07. The summed E-state index contributed by atoms with van der Waals surface area (Å²) in [6.45, 7) is 0.983. The summed E-state index contributed by atoms with van der Waals surface area (Å²) in [6.07, 6.45) is 2.64. The maximum Gasteiger partial charge on any atom is 0.137 e. The molecule has 1 aliphatic rings. The van der Waals surface area contributed by atoms with Gasteiger partial charge in [-0.15, -0.1) is 0 Å². The minimum absolute atomic E-state index is 0.000793. The number of rotatable bonds is 4. The van der Waals surface area contributed by atoms with E-state index < -0.39 is 6.09 Å². The number of carbonyl (C=O) groups is 1. The Morgan fingerprint density at radius 3 is 2.79 bits per heavy atom. The Morgan fingerprint density at radius 2 is 2.00 bits per heavy atom. The molecule has 5 nitrogen and oxygen atoms in total. The van der Waals surface area contributed by atoms with Crippen LogP contribution in [-0.4, -0.2) is 35.2 Å². The number of nitrogens with zero attached hydrogens (tertiary/aromatic N) is 2. The van der Waals surface area contributed by atoms with Gasteiger partial charge in [0.1, 0.15) is 11.9 Å². The third-order valence-corrected chi connectivity index (χ3v) is 5.28. The summed E-state index contributed by atoms with van der Waals surface area (Å²) in [6, 6.07) is 14.3. The number of halogens is 1. The third kappa shape index (κ3) is 3.97. The summed E-state index contributed by atoms with van der Waals surface area (Å²) < 4.78 is 19.4. The Morgan fingerprint density at radius 1 is 1.18 bits per heavy atom. The molecule has 1 aromatic heterocycles. The first-order chi connectivity index (χ1) is 13.6. The number of ether oxygens (including phenoxy) is 1. The summed E-state index contributed by atoms with van der Waals surface area (Å²) in [5.41, 5.74) is 1.95. The SMILES string of the molecule is O=C([O-])N1CCC(c2ccc(F)cc2)C(OCc2ccc3cnccc3c2)C1. The fourth-order valence-electron chi connectivity index (χ4n) is 3.77. The first-order valence-electron chi connectivity index (χ1n) is 9.26. The Hall–Kier alpha value is -2.99. The second kappa shape index (κ2) is 7.94. The van der Waals surface area contributed by atoms with E-state index >= 15 is 0 Å². The summed E-state index contributed by atoms with van der Waals surface area (Å²) in [5, 5.41) is 13.4. The molecule has 144 valence electrons. The van der Waals surface area contributed by atoms with Gasteiger partial charge in [-0.1, -0.05) is 24.3 Å². The summed E-state index contributed by atoms with van der Waals surface area (Å²) >= 11 is 0. The van der Waals surface area contributed by atoms with Crippen molar-refractivity contribution in [3.8, 4) is 0 Å². The van der Waals surface area contributed by atoms with Crippen molar-refractivity contribution in [3.05, 3.63) is 77.9 Å². The molecule has 0 spiro atoms. The van der Waals surface area contributed by atoms with Gasteiger partial charge >= 0.3 is 0 Å². The topological polar surface area (TPSA) is 65.5 Å². The van der Waals surface area contributed by atoms with Crippen molar-refractivity contribution in [2.45, 2.75) is 25.0 Å². The van der Waals surface area contributed by atoms with E-state index in [0.29, 0.717) is 19.6 Å². The van der Waals surface area contributed by atoms with E-state index in [-0.39, 0.29) is 24.4 Å². The molecule has 1 amide bonds. The standard InChI is InChI=1S/C22H21FN2O3/c23-19-5-3-16(4-6-19)20-8-10-25(22(26)27)13-21(20)28-14-15-1-2-18-12-24-9-7-17(18)11-15/h1-7,9,11-12,20-21H,8,10,13-14H2,(H,26,27)/p-1. The lowest BCUT2D eigenvalue weighted by Crippen LogP contribution is -2.51. The lowest BCUT2D eigenvalue weighted by atomic mass is 9.87. The molecular formula is C22H20FN2O3-. The molecule has 2 aromatic carbocycles. The normalized spacial score (nSPS) is 19.7. The van der Waals surface area contributed by atoms with Crippen molar-refractivity contribution < 1.29 is 19.0 Å². The van der Waals surface area contributed by atoms with Crippen LogP contribution < -0.4 is 5.11 Å². The van der Waals surface area contributed by atoms with Gasteiger partial charge < -0.3 is 19.5 Å². The van der Waals surface area contributed by atoms with E-state index in [1.54, 1.807) is 18.3 Å². The predicted molar refractivity (Wildman–Crippen MR) is 101 cm³/mol. The maximum absolute atomic E-state index is 13.3. The molecule has 1 saturated heterocycles. The molecule has 0 saturated carbocycles. The Labute approximate surface area is 162 Å².